The SMILES string of the molecule is CC12CCC(C1)C(O)(c1ccccc1)C2(O)c1ccccc1. The number of benzene rings is 2. The normalized spacial score (nSPS) is 40.0. The molecule has 2 aromatic carbocycles. The van der Waals surface area contributed by atoms with Crippen molar-refractivity contribution in [3.05, 3.63) is 71.8 Å². The van der Waals surface area contributed by atoms with Crippen LogP contribution in [0.4, 0.5) is 0 Å². The molecule has 2 aromatic rings. The van der Waals surface area contributed by atoms with Crippen molar-refractivity contribution in [2.24, 2.45) is 11.3 Å². The Labute approximate surface area is 131 Å². The van der Waals surface area contributed by atoms with Gasteiger partial charge in [0.1, 0.15) is 11.2 Å². The van der Waals surface area contributed by atoms with Crippen LogP contribution in [0.3, 0.4) is 0 Å². The van der Waals surface area contributed by atoms with Gasteiger partial charge in [0, 0.05) is 5.41 Å². The molecule has 0 saturated heterocycles. The fourth-order valence-corrected chi connectivity index (χ4v) is 5.07. The highest BCUT2D eigenvalue weighted by molar-refractivity contribution is 5.41. The Morgan fingerprint density at radius 3 is 2.00 bits per heavy atom. The Morgan fingerprint density at radius 1 is 0.864 bits per heavy atom. The average molecular weight is 294 g/mol. The van der Waals surface area contributed by atoms with Crippen molar-refractivity contribution in [1.29, 1.82) is 0 Å². The molecule has 2 fully saturated rings. The molecule has 0 aromatic heterocycles. The van der Waals surface area contributed by atoms with Gasteiger partial charge in [-0.3, -0.25) is 0 Å². The van der Waals surface area contributed by atoms with Crippen molar-refractivity contribution in [1.82, 2.24) is 0 Å². The zero-order chi connectivity index (χ0) is 15.4. The molecule has 2 nitrogen and oxygen atoms in total. The Balaban J connectivity index is 1.97. The molecule has 4 atom stereocenters. The largest absolute Gasteiger partial charge is 0.381 e. The van der Waals surface area contributed by atoms with Crippen LogP contribution in [-0.2, 0) is 11.2 Å². The lowest BCUT2D eigenvalue weighted by Gasteiger charge is -2.51. The maximum absolute atomic E-state index is 11.8. The van der Waals surface area contributed by atoms with Crippen molar-refractivity contribution in [3.63, 3.8) is 0 Å². The molecule has 2 bridgehead atoms. The first-order valence-electron chi connectivity index (χ1n) is 8.08. The Hall–Kier alpha value is -1.64. The first-order chi connectivity index (χ1) is 10.5. The molecule has 2 aliphatic rings. The van der Waals surface area contributed by atoms with Crippen molar-refractivity contribution < 1.29 is 10.2 Å². The average Bonchev–Trinajstić information content (AvgIpc) is 3.05. The van der Waals surface area contributed by atoms with E-state index in [-0.39, 0.29) is 11.3 Å². The minimum absolute atomic E-state index is 0.102. The smallest absolute Gasteiger partial charge is 0.128 e. The van der Waals surface area contributed by atoms with E-state index >= 15 is 0 Å². The van der Waals surface area contributed by atoms with Crippen LogP contribution in [0.15, 0.2) is 60.7 Å². The van der Waals surface area contributed by atoms with Crippen LogP contribution in [0, 0.1) is 11.3 Å². The highest BCUT2D eigenvalue weighted by atomic mass is 16.4. The summed E-state index contributed by atoms with van der Waals surface area (Å²) in [6.07, 6.45) is 2.79. The van der Waals surface area contributed by atoms with E-state index in [1.807, 2.05) is 60.7 Å². The molecule has 2 heteroatoms. The minimum Gasteiger partial charge on any atom is -0.381 e. The molecule has 2 saturated carbocycles. The molecule has 22 heavy (non-hydrogen) atoms. The second kappa shape index (κ2) is 4.43. The second-order valence-electron chi connectivity index (χ2n) is 7.21. The fourth-order valence-electron chi connectivity index (χ4n) is 5.07. The van der Waals surface area contributed by atoms with Crippen LogP contribution in [0.1, 0.15) is 37.3 Å². The second-order valence-corrected chi connectivity index (χ2v) is 7.21. The number of hydrogen-bond donors (Lipinski definition) is 2. The van der Waals surface area contributed by atoms with Gasteiger partial charge in [-0.1, -0.05) is 67.6 Å². The summed E-state index contributed by atoms with van der Waals surface area (Å²) in [6, 6.07) is 19.4. The predicted molar refractivity (Wildman–Crippen MR) is 86.1 cm³/mol. The lowest BCUT2D eigenvalue weighted by molar-refractivity contribution is -0.219. The number of aliphatic hydroxyl groups is 2. The number of hydrogen-bond acceptors (Lipinski definition) is 2. The number of fused-ring (bicyclic) bond motifs is 2. The lowest BCUT2D eigenvalue weighted by atomic mass is 9.60. The van der Waals surface area contributed by atoms with Crippen LogP contribution in [0.5, 0.6) is 0 Å². The molecule has 2 N–H and O–H groups in total. The molecule has 0 aliphatic heterocycles. The summed E-state index contributed by atoms with van der Waals surface area (Å²) in [6.45, 7) is 2.13. The summed E-state index contributed by atoms with van der Waals surface area (Å²) < 4.78 is 0. The summed E-state index contributed by atoms with van der Waals surface area (Å²) in [4.78, 5) is 0. The Morgan fingerprint density at radius 2 is 1.41 bits per heavy atom. The lowest BCUT2D eigenvalue weighted by Crippen LogP contribution is -2.57. The van der Waals surface area contributed by atoms with E-state index in [1.54, 1.807) is 0 Å². The van der Waals surface area contributed by atoms with Crippen molar-refractivity contribution in [2.75, 3.05) is 0 Å². The predicted octanol–water partition coefficient (Wildman–Crippen LogP) is 3.58. The zero-order valence-electron chi connectivity index (χ0n) is 12.9. The molecule has 4 unspecified atom stereocenters. The fraction of sp³-hybridized carbons (Fsp3) is 0.400. The molecule has 114 valence electrons. The quantitative estimate of drug-likeness (QED) is 0.888. The van der Waals surface area contributed by atoms with Crippen LogP contribution >= 0.6 is 0 Å². The standard InChI is InChI=1S/C20H22O2/c1-18-13-12-17(14-18)19(21,15-8-4-2-5-9-15)20(18,22)16-10-6-3-7-11-16/h2-11,17,21-22H,12-14H2,1H3. The van der Waals surface area contributed by atoms with E-state index in [0.717, 1.165) is 30.4 Å². The zero-order valence-corrected chi connectivity index (χ0v) is 12.9. The molecule has 0 heterocycles. The Kier molecular flexibility index (Phi) is 2.82. The Bertz CT molecular complexity index is 683. The van der Waals surface area contributed by atoms with E-state index in [1.165, 1.54) is 0 Å². The monoisotopic (exact) mass is 294 g/mol. The molecular formula is C20H22O2. The van der Waals surface area contributed by atoms with Crippen LogP contribution < -0.4 is 0 Å². The van der Waals surface area contributed by atoms with Crippen molar-refractivity contribution >= 4 is 0 Å². The summed E-state index contributed by atoms with van der Waals surface area (Å²) in [5.74, 6) is 0.102. The first-order valence-corrected chi connectivity index (χ1v) is 8.08. The van der Waals surface area contributed by atoms with Crippen molar-refractivity contribution in [2.45, 2.75) is 37.4 Å². The van der Waals surface area contributed by atoms with E-state index in [0.29, 0.717) is 0 Å². The van der Waals surface area contributed by atoms with Crippen LogP contribution in [-0.4, -0.2) is 10.2 Å². The minimum atomic E-state index is -1.24. The molecular weight excluding hydrogens is 272 g/mol. The summed E-state index contributed by atoms with van der Waals surface area (Å²) in [5, 5.41) is 23.6. The molecule has 0 amide bonds. The van der Waals surface area contributed by atoms with Gasteiger partial charge in [0.2, 0.25) is 0 Å². The van der Waals surface area contributed by atoms with Gasteiger partial charge in [-0.15, -0.1) is 0 Å². The van der Waals surface area contributed by atoms with Crippen LogP contribution in [0.2, 0.25) is 0 Å². The maximum Gasteiger partial charge on any atom is 0.128 e. The van der Waals surface area contributed by atoms with E-state index in [9.17, 15) is 10.2 Å². The first kappa shape index (κ1) is 14.0. The molecule has 0 spiro atoms. The topological polar surface area (TPSA) is 40.5 Å². The van der Waals surface area contributed by atoms with Gasteiger partial charge >= 0.3 is 0 Å². The summed E-state index contributed by atoms with van der Waals surface area (Å²) in [7, 11) is 0. The van der Waals surface area contributed by atoms with Crippen molar-refractivity contribution in [3.8, 4) is 0 Å². The molecule has 2 aliphatic carbocycles. The van der Waals surface area contributed by atoms with Gasteiger partial charge in [0.25, 0.3) is 0 Å². The third-order valence-corrected chi connectivity index (χ3v) is 6.16. The summed E-state index contributed by atoms with van der Waals surface area (Å²) in [5.41, 5.74) is -1.10. The molecule has 4 rings (SSSR count). The third kappa shape index (κ3) is 1.47. The summed E-state index contributed by atoms with van der Waals surface area (Å²) >= 11 is 0. The van der Waals surface area contributed by atoms with E-state index in [4.69, 9.17) is 0 Å². The highest BCUT2D eigenvalue weighted by Gasteiger charge is 2.73. The van der Waals surface area contributed by atoms with Crippen LogP contribution in [0.25, 0.3) is 0 Å². The van der Waals surface area contributed by atoms with Gasteiger partial charge in [0.05, 0.1) is 0 Å². The highest BCUT2D eigenvalue weighted by Crippen LogP contribution is 2.71. The number of rotatable bonds is 2. The maximum atomic E-state index is 11.8. The van der Waals surface area contributed by atoms with E-state index < -0.39 is 11.2 Å². The van der Waals surface area contributed by atoms with Gasteiger partial charge in [-0.25, -0.2) is 0 Å². The van der Waals surface area contributed by atoms with E-state index in [2.05, 4.69) is 6.92 Å². The van der Waals surface area contributed by atoms with Gasteiger partial charge < -0.3 is 10.2 Å². The third-order valence-electron chi connectivity index (χ3n) is 6.16. The van der Waals surface area contributed by atoms with Gasteiger partial charge in [0.15, 0.2) is 0 Å². The molecule has 0 radical (unpaired) electrons. The van der Waals surface area contributed by atoms with Gasteiger partial charge in [-0.05, 0) is 36.3 Å². The van der Waals surface area contributed by atoms with Gasteiger partial charge in [-0.2, -0.15) is 0 Å².